The van der Waals surface area contributed by atoms with E-state index in [2.05, 4.69) is 10.6 Å². The minimum Gasteiger partial charge on any atom is -0.494 e. The van der Waals surface area contributed by atoms with Crippen molar-refractivity contribution in [3.8, 4) is 5.75 Å². The van der Waals surface area contributed by atoms with Crippen molar-refractivity contribution in [2.45, 2.75) is 13.3 Å². The molecule has 0 radical (unpaired) electrons. The molecule has 0 spiro atoms. The van der Waals surface area contributed by atoms with Crippen molar-refractivity contribution in [1.82, 2.24) is 10.6 Å². The maximum Gasteiger partial charge on any atom is 0.254 e. The summed E-state index contributed by atoms with van der Waals surface area (Å²) in [4.78, 5) is 23.7. The summed E-state index contributed by atoms with van der Waals surface area (Å²) in [5, 5.41) is 5.28. The lowest BCUT2D eigenvalue weighted by Gasteiger charge is -2.08. The molecule has 0 aliphatic heterocycles. The van der Waals surface area contributed by atoms with Crippen LogP contribution in [0, 0.1) is 5.82 Å². The molecule has 0 atom stereocenters. The summed E-state index contributed by atoms with van der Waals surface area (Å²) in [6, 6.07) is 13.1. The fraction of sp³-hybridized carbons (Fsp3) is 0.263. The molecular formula is C19H21FN2O3. The molecule has 0 heterocycles. The third-order valence-electron chi connectivity index (χ3n) is 3.45. The van der Waals surface area contributed by atoms with Crippen molar-refractivity contribution < 1.29 is 18.7 Å². The second-order valence-corrected chi connectivity index (χ2v) is 5.34. The minimum atomic E-state index is -0.570. The lowest BCUT2D eigenvalue weighted by Crippen LogP contribution is -2.35. The van der Waals surface area contributed by atoms with Gasteiger partial charge in [0.15, 0.2) is 0 Å². The third-order valence-corrected chi connectivity index (χ3v) is 3.45. The van der Waals surface area contributed by atoms with Gasteiger partial charge in [-0.2, -0.15) is 0 Å². The Morgan fingerprint density at radius 1 is 1.00 bits per heavy atom. The Hall–Kier alpha value is -2.89. The fourth-order valence-electron chi connectivity index (χ4n) is 2.24. The first-order valence-corrected chi connectivity index (χ1v) is 8.11. The number of carbonyl (C=O) groups is 2. The number of nitrogens with one attached hydrogen (secondary N) is 2. The van der Waals surface area contributed by atoms with E-state index in [4.69, 9.17) is 4.74 Å². The smallest absolute Gasteiger partial charge is 0.254 e. The van der Waals surface area contributed by atoms with Crippen molar-refractivity contribution in [3.63, 3.8) is 0 Å². The molecule has 0 saturated carbocycles. The van der Waals surface area contributed by atoms with E-state index in [1.165, 1.54) is 18.2 Å². The number of rotatable bonds is 8. The average Bonchev–Trinajstić information content (AvgIpc) is 2.61. The first-order valence-electron chi connectivity index (χ1n) is 8.11. The second kappa shape index (κ2) is 9.42. The molecule has 2 rings (SSSR count). The van der Waals surface area contributed by atoms with Gasteiger partial charge in [0, 0.05) is 13.1 Å². The van der Waals surface area contributed by atoms with Gasteiger partial charge < -0.3 is 15.4 Å². The molecule has 2 N–H and O–H groups in total. The monoisotopic (exact) mass is 344 g/mol. The summed E-state index contributed by atoms with van der Waals surface area (Å²) < 4.78 is 18.8. The standard InChI is InChI=1S/C19H21FN2O3/c1-2-25-15-9-7-14(8-10-15)13-18(23)21-11-12-22-19(24)16-5-3-4-6-17(16)20/h3-10H,2,11-13H2,1H3,(H,21,23)(H,22,24). The van der Waals surface area contributed by atoms with Gasteiger partial charge in [-0.3, -0.25) is 9.59 Å². The van der Waals surface area contributed by atoms with Crippen LogP contribution in [0.5, 0.6) is 5.75 Å². The second-order valence-electron chi connectivity index (χ2n) is 5.34. The van der Waals surface area contributed by atoms with Gasteiger partial charge >= 0.3 is 0 Å². The Bertz CT molecular complexity index is 717. The SMILES string of the molecule is CCOc1ccc(CC(=O)NCCNC(=O)c2ccccc2F)cc1. The number of benzene rings is 2. The number of ether oxygens (including phenoxy) is 1. The average molecular weight is 344 g/mol. The summed E-state index contributed by atoms with van der Waals surface area (Å²) in [5.74, 6) is -0.454. The van der Waals surface area contributed by atoms with Crippen molar-refractivity contribution in [2.75, 3.05) is 19.7 Å². The van der Waals surface area contributed by atoms with Crippen LogP contribution >= 0.6 is 0 Å². The Morgan fingerprint density at radius 2 is 1.68 bits per heavy atom. The largest absolute Gasteiger partial charge is 0.494 e. The Kier molecular flexibility index (Phi) is 6.95. The van der Waals surface area contributed by atoms with Gasteiger partial charge in [-0.15, -0.1) is 0 Å². The molecule has 0 saturated heterocycles. The zero-order valence-electron chi connectivity index (χ0n) is 14.0. The van der Waals surface area contributed by atoms with Gasteiger partial charge in [0.05, 0.1) is 18.6 Å². The molecule has 0 bridgehead atoms. The number of hydrogen-bond acceptors (Lipinski definition) is 3. The van der Waals surface area contributed by atoms with Crippen LogP contribution in [0.3, 0.4) is 0 Å². The van der Waals surface area contributed by atoms with E-state index in [0.717, 1.165) is 11.3 Å². The van der Waals surface area contributed by atoms with E-state index < -0.39 is 11.7 Å². The quantitative estimate of drug-likeness (QED) is 0.722. The molecule has 6 heteroatoms. The van der Waals surface area contributed by atoms with Gasteiger partial charge in [0.1, 0.15) is 11.6 Å². The van der Waals surface area contributed by atoms with E-state index in [1.54, 1.807) is 6.07 Å². The lowest BCUT2D eigenvalue weighted by atomic mass is 10.1. The predicted octanol–water partition coefficient (Wildman–Crippen LogP) is 2.31. The van der Waals surface area contributed by atoms with Crippen molar-refractivity contribution in [1.29, 1.82) is 0 Å². The summed E-state index contributed by atoms with van der Waals surface area (Å²) in [5.41, 5.74) is 0.861. The van der Waals surface area contributed by atoms with Crippen LogP contribution in [0.15, 0.2) is 48.5 Å². The van der Waals surface area contributed by atoms with Gasteiger partial charge in [0.2, 0.25) is 5.91 Å². The van der Waals surface area contributed by atoms with Gasteiger partial charge in [-0.05, 0) is 36.8 Å². The maximum absolute atomic E-state index is 13.5. The first kappa shape index (κ1) is 18.4. The molecule has 132 valence electrons. The first-order chi connectivity index (χ1) is 12.1. The molecule has 2 aromatic carbocycles. The van der Waals surface area contributed by atoms with Crippen LogP contribution in [-0.4, -0.2) is 31.5 Å². The zero-order valence-corrected chi connectivity index (χ0v) is 14.0. The summed E-state index contributed by atoms with van der Waals surface area (Å²) in [7, 11) is 0. The molecule has 2 amide bonds. The van der Waals surface area contributed by atoms with Crippen LogP contribution < -0.4 is 15.4 Å². The van der Waals surface area contributed by atoms with Crippen LogP contribution in [-0.2, 0) is 11.2 Å². The molecule has 5 nitrogen and oxygen atoms in total. The topological polar surface area (TPSA) is 67.4 Å². The summed E-state index contributed by atoms with van der Waals surface area (Å²) in [6.07, 6.45) is 0.244. The molecule has 0 fully saturated rings. The summed E-state index contributed by atoms with van der Waals surface area (Å²) >= 11 is 0. The zero-order chi connectivity index (χ0) is 18.1. The maximum atomic E-state index is 13.5. The molecule has 0 aromatic heterocycles. The van der Waals surface area contributed by atoms with Crippen LogP contribution in [0.2, 0.25) is 0 Å². The van der Waals surface area contributed by atoms with E-state index in [0.29, 0.717) is 6.61 Å². The van der Waals surface area contributed by atoms with Crippen molar-refractivity contribution in [3.05, 3.63) is 65.5 Å². The molecule has 2 aromatic rings. The minimum absolute atomic E-state index is 0.0109. The highest BCUT2D eigenvalue weighted by Crippen LogP contribution is 2.12. The Balaban J connectivity index is 1.70. The number of amides is 2. The molecule has 0 aliphatic carbocycles. The third kappa shape index (κ3) is 5.91. The van der Waals surface area contributed by atoms with Crippen molar-refractivity contribution in [2.24, 2.45) is 0 Å². The molecular weight excluding hydrogens is 323 g/mol. The normalized spacial score (nSPS) is 10.2. The highest BCUT2D eigenvalue weighted by molar-refractivity contribution is 5.94. The molecule has 0 aliphatic rings. The van der Waals surface area contributed by atoms with Gasteiger partial charge in [-0.25, -0.2) is 4.39 Å². The van der Waals surface area contributed by atoms with Gasteiger partial charge in [-0.1, -0.05) is 24.3 Å². The van der Waals surface area contributed by atoms with E-state index >= 15 is 0 Å². The number of carbonyl (C=O) groups excluding carboxylic acids is 2. The predicted molar refractivity (Wildman–Crippen MR) is 93.1 cm³/mol. The van der Waals surface area contributed by atoms with Crippen LogP contribution in [0.1, 0.15) is 22.8 Å². The summed E-state index contributed by atoms with van der Waals surface area (Å²) in [6.45, 7) is 3.00. The number of halogens is 1. The van der Waals surface area contributed by atoms with Gasteiger partial charge in [0.25, 0.3) is 5.91 Å². The molecule has 0 unspecified atom stereocenters. The van der Waals surface area contributed by atoms with E-state index in [9.17, 15) is 14.0 Å². The Morgan fingerprint density at radius 3 is 2.36 bits per heavy atom. The van der Waals surface area contributed by atoms with E-state index in [1.807, 2.05) is 31.2 Å². The number of hydrogen-bond donors (Lipinski definition) is 2. The van der Waals surface area contributed by atoms with Crippen LogP contribution in [0.25, 0.3) is 0 Å². The Labute approximate surface area is 146 Å². The highest BCUT2D eigenvalue weighted by atomic mass is 19.1. The highest BCUT2D eigenvalue weighted by Gasteiger charge is 2.10. The van der Waals surface area contributed by atoms with E-state index in [-0.39, 0.29) is 31.0 Å². The fourth-order valence-corrected chi connectivity index (χ4v) is 2.24. The molecule has 25 heavy (non-hydrogen) atoms. The lowest BCUT2D eigenvalue weighted by molar-refractivity contribution is -0.120. The van der Waals surface area contributed by atoms with Crippen molar-refractivity contribution >= 4 is 11.8 Å². The van der Waals surface area contributed by atoms with Crippen LogP contribution in [0.4, 0.5) is 4.39 Å².